The zero-order valence-corrected chi connectivity index (χ0v) is 13.5. The van der Waals surface area contributed by atoms with E-state index in [2.05, 4.69) is 5.32 Å². The Hall–Kier alpha value is -3.02. The quantitative estimate of drug-likeness (QED) is 0.778. The maximum atomic E-state index is 13.2. The summed E-state index contributed by atoms with van der Waals surface area (Å²) in [5, 5.41) is 8.19. The highest BCUT2D eigenvalue weighted by molar-refractivity contribution is 5.73. The Morgan fingerprint density at radius 3 is 2.64 bits per heavy atom. The molecule has 0 atom stereocenters. The molecule has 0 radical (unpaired) electrons. The number of rotatable bonds is 2. The molecule has 2 aliphatic heterocycles. The molecule has 3 aromatic rings. The molecule has 0 saturated heterocycles. The van der Waals surface area contributed by atoms with Crippen LogP contribution in [-0.2, 0) is 6.42 Å². The fraction of sp³-hybridized carbons (Fsp3) is 0.211. The molecule has 0 aliphatic carbocycles. The predicted octanol–water partition coefficient (Wildman–Crippen LogP) is 3.42. The number of hydrogen-bond acceptors (Lipinski definition) is 4. The molecule has 5 rings (SSSR count). The van der Waals surface area contributed by atoms with Crippen LogP contribution in [0, 0.1) is 5.82 Å². The average molecular weight is 337 g/mol. The lowest BCUT2D eigenvalue weighted by atomic mass is 10.1. The van der Waals surface area contributed by atoms with Crippen molar-refractivity contribution >= 4 is 5.82 Å². The molecule has 2 aliphatic rings. The minimum atomic E-state index is -0.246. The normalized spacial score (nSPS) is 14.9. The molecule has 1 aromatic heterocycles. The van der Waals surface area contributed by atoms with E-state index in [-0.39, 0.29) is 5.82 Å². The second-order valence-corrected chi connectivity index (χ2v) is 6.10. The number of halogens is 1. The van der Waals surface area contributed by atoms with Gasteiger partial charge >= 0.3 is 0 Å². The molecule has 0 bridgehead atoms. The third kappa shape index (κ3) is 2.33. The van der Waals surface area contributed by atoms with Crippen LogP contribution < -0.4 is 14.8 Å². The predicted molar refractivity (Wildman–Crippen MR) is 92.1 cm³/mol. The van der Waals surface area contributed by atoms with Gasteiger partial charge in [0.2, 0.25) is 0 Å². The van der Waals surface area contributed by atoms with Crippen LogP contribution in [0.1, 0.15) is 5.56 Å². The van der Waals surface area contributed by atoms with Crippen molar-refractivity contribution in [1.29, 1.82) is 0 Å². The maximum absolute atomic E-state index is 13.2. The Balaban J connectivity index is 1.63. The Morgan fingerprint density at radius 2 is 1.80 bits per heavy atom. The first-order valence-electron chi connectivity index (χ1n) is 8.31. The highest BCUT2D eigenvalue weighted by Gasteiger charge is 2.24. The van der Waals surface area contributed by atoms with E-state index in [0.717, 1.165) is 52.8 Å². The lowest BCUT2D eigenvalue weighted by Gasteiger charge is -2.19. The number of anilines is 1. The summed E-state index contributed by atoms with van der Waals surface area (Å²) in [5.41, 5.74) is 3.86. The van der Waals surface area contributed by atoms with Crippen molar-refractivity contribution < 1.29 is 13.9 Å². The topological polar surface area (TPSA) is 48.3 Å². The van der Waals surface area contributed by atoms with Gasteiger partial charge in [0.15, 0.2) is 11.5 Å². The summed E-state index contributed by atoms with van der Waals surface area (Å²) in [6.45, 7) is 1.98. The minimum Gasteiger partial charge on any atom is -0.486 e. The molecule has 126 valence electrons. The summed E-state index contributed by atoms with van der Waals surface area (Å²) in [6.07, 6.45) is 0.895. The van der Waals surface area contributed by atoms with Gasteiger partial charge in [-0.2, -0.15) is 5.10 Å². The van der Waals surface area contributed by atoms with Crippen LogP contribution in [0.4, 0.5) is 10.2 Å². The lowest BCUT2D eigenvalue weighted by molar-refractivity contribution is 0.171. The Morgan fingerprint density at radius 1 is 1.00 bits per heavy atom. The number of aromatic nitrogens is 2. The molecule has 0 unspecified atom stereocenters. The minimum absolute atomic E-state index is 0.246. The third-order valence-corrected chi connectivity index (χ3v) is 4.54. The summed E-state index contributed by atoms with van der Waals surface area (Å²) in [7, 11) is 0. The molecule has 3 heterocycles. The fourth-order valence-corrected chi connectivity index (χ4v) is 3.36. The maximum Gasteiger partial charge on any atom is 0.163 e. The SMILES string of the molecule is Fc1ccc(-c2nn(-c3ccc4c(c3)OCCO4)c3c2CCN3)cc1. The Labute approximate surface area is 144 Å². The van der Waals surface area contributed by atoms with E-state index in [1.54, 1.807) is 12.1 Å². The summed E-state index contributed by atoms with van der Waals surface area (Å²) >= 11 is 0. The molecule has 0 saturated carbocycles. The van der Waals surface area contributed by atoms with Crippen LogP contribution in [0.25, 0.3) is 16.9 Å². The monoisotopic (exact) mass is 337 g/mol. The van der Waals surface area contributed by atoms with Gasteiger partial charge < -0.3 is 14.8 Å². The van der Waals surface area contributed by atoms with E-state index >= 15 is 0 Å². The van der Waals surface area contributed by atoms with Crippen molar-refractivity contribution in [3.63, 3.8) is 0 Å². The van der Waals surface area contributed by atoms with Crippen LogP contribution >= 0.6 is 0 Å². The van der Waals surface area contributed by atoms with Crippen LogP contribution in [-0.4, -0.2) is 29.5 Å². The summed E-state index contributed by atoms with van der Waals surface area (Å²) in [6, 6.07) is 12.3. The highest BCUT2D eigenvalue weighted by Crippen LogP contribution is 2.37. The highest BCUT2D eigenvalue weighted by atomic mass is 19.1. The van der Waals surface area contributed by atoms with Crippen LogP contribution in [0.3, 0.4) is 0 Å². The van der Waals surface area contributed by atoms with Gasteiger partial charge in [0.1, 0.15) is 24.8 Å². The zero-order chi connectivity index (χ0) is 16.8. The van der Waals surface area contributed by atoms with Gasteiger partial charge in [-0.15, -0.1) is 0 Å². The van der Waals surface area contributed by atoms with Gasteiger partial charge in [-0.3, -0.25) is 0 Å². The third-order valence-electron chi connectivity index (χ3n) is 4.54. The first kappa shape index (κ1) is 14.3. The second-order valence-electron chi connectivity index (χ2n) is 6.10. The van der Waals surface area contributed by atoms with Gasteiger partial charge in [-0.25, -0.2) is 9.07 Å². The number of benzene rings is 2. The molecular formula is C19H16FN3O2. The molecule has 0 spiro atoms. The summed E-state index contributed by atoms with van der Waals surface area (Å²) in [4.78, 5) is 0. The van der Waals surface area contributed by atoms with Crippen LogP contribution in [0.15, 0.2) is 42.5 Å². The Bertz CT molecular complexity index is 950. The molecule has 1 N–H and O–H groups in total. The second kappa shape index (κ2) is 5.51. The van der Waals surface area contributed by atoms with Gasteiger partial charge in [0, 0.05) is 23.7 Å². The smallest absolute Gasteiger partial charge is 0.163 e. The Kier molecular flexibility index (Phi) is 3.16. The molecular weight excluding hydrogens is 321 g/mol. The van der Waals surface area contributed by atoms with E-state index < -0.39 is 0 Å². The van der Waals surface area contributed by atoms with E-state index in [1.807, 2.05) is 22.9 Å². The van der Waals surface area contributed by atoms with Crippen molar-refractivity contribution in [1.82, 2.24) is 9.78 Å². The van der Waals surface area contributed by atoms with E-state index in [1.165, 1.54) is 12.1 Å². The molecule has 0 amide bonds. The van der Waals surface area contributed by atoms with Crippen molar-refractivity contribution in [2.24, 2.45) is 0 Å². The molecule has 2 aromatic carbocycles. The van der Waals surface area contributed by atoms with Crippen molar-refractivity contribution in [2.45, 2.75) is 6.42 Å². The fourth-order valence-electron chi connectivity index (χ4n) is 3.36. The van der Waals surface area contributed by atoms with Gasteiger partial charge in [0.25, 0.3) is 0 Å². The largest absolute Gasteiger partial charge is 0.486 e. The van der Waals surface area contributed by atoms with Crippen LogP contribution in [0.5, 0.6) is 11.5 Å². The lowest BCUT2D eigenvalue weighted by Crippen LogP contribution is -2.15. The molecule has 25 heavy (non-hydrogen) atoms. The summed E-state index contributed by atoms with van der Waals surface area (Å²) < 4.78 is 26.4. The number of hydrogen-bond donors (Lipinski definition) is 1. The van der Waals surface area contributed by atoms with Crippen molar-refractivity contribution in [3.05, 3.63) is 53.8 Å². The standard InChI is InChI=1S/C19H16FN3O2/c20-13-3-1-12(2-4-13)18-15-7-8-21-19(15)23(22-18)14-5-6-16-17(11-14)25-10-9-24-16/h1-6,11,21H,7-10H2. The van der Waals surface area contributed by atoms with E-state index in [0.29, 0.717) is 13.2 Å². The van der Waals surface area contributed by atoms with Crippen molar-refractivity contribution in [3.8, 4) is 28.4 Å². The number of ether oxygens (including phenoxy) is 2. The summed E-state index contributed by atoms with van der Waals surface area (Å²) in [5.74, 6) is 2.22. The number of nitrogens with one attached hydrogen (secondary N) is 1. The van der Waals surface area contributed by atoms with Gasteiger partial charge in [0.05, 0.1) is 11.4 Å². The molecule has 0 fully saturated rings. The van der Waals surface area contributed by atoms with Gasteiger partial charge in [-0.05, 0) is 42.8 Å². The number of nitrogens with zero attached hydrogens (tertiary/aromatic N) is 2. The average Bonchev–Trinajstić information content (AvgIpc) is 3.25. The zero-order valence-electron chi connectivity index (χ0n) is 13.5. The van der Waals surface area contributed by atoms with Crippen molar-refractivity contribution in [2.75, 3.05) is 25.1 Å². The molecule has 6 heteroatoms. The first-order valence-corrected chi connectivity index (χ1v) is 8.31. The van der Waals surface area contributed by atoms with E-state index in [4.69, 9.17) is 14.6 Å². The molecule has 5 nitrogen and oxygen atoms in total. The van der Waals surface area contributed by atoms with Gasteiger partial charge in [-0.1, -0.05) is 0 Å². The van der Waals surface area contributed by atoms with Crippen LogP contribution in [0.2, 0.25) is 0 Å². The first-order chi connectivity index (χ1) is 12.3. The number of fused-ring (bicyclic) bond motifs is 2. The van der Waals surface area contributed by atoms with E-state index in [9.17, 15) is 4.39 Å².